The lowest BCUT2D eigenvalue weighted by molar-refractivity contribution is -0.132. The van der Waals surface area contributed by atoms with Gasteiger partial charge in [-0.3, -0.25) is 14.9 Å². The number of methoxy groups -OCH3 is 2. The molecule has 1 saturated heterocycles. The number of fused-ring (bicyclic) bond motifs is 1. The molecule has 2 aliphatic heterocycles. The SMILES string of the molecule is COc1cc2c(cc1OC)CN(C(=O)CCC1NC(=O)NC1=O)CC2. The summed E-state index contributed by atoms with van der Waals surface area (Å²) in [4.78, 5) is 36.8. The molecule has 0 saturated carbocycles. The van der Waals surface area contributed by atoms with E-state index in [1.54, 1.807) is 19.1 Å². The Morgan fingerprint density at radius 2 is 1.88 bits per heavy atom. The molecule has 1 fully saturated rings. The average molecular weight is 347 g/mol. The number of nitrogens with zero attached hydrogens (tertiary/aromatic N) is 1. The van der Waals surface area contributed by atoms with E-state index >= 15 is 0 Å². The standard InChI is InChI=1S/C17H21N3O5/c1-24-13-7-10-5-6-20(9-11(10)8-14(13)25-2)15(21)4-3-12-16(22)19-17(23)18-12/h7-8,12H,3-6,9H2,1-2H3,(H2,18,19,22,23). The molecule has 8 nitrogen and oxygen atoms in total. The van der Waals surface area contributed by atoms with Crippen LogP contribution in [-0.4, -0.2) is 49.6 Å². The molecule has 25 heavy (non-hydrogen) atoms. The number of carbonyl (C=O) groups excluding carboxylic acids is 3. The van der Waals surface area contributed by atoms with Crippen LogP contribution in [0, 0.1) is 0 Å². The maximum absolute atomic E-state index is 12.5. The van der Waals surface area contributed by atoms with Crippen LogP contribution in [0.1, 0.15) is 24.0 Å². The number of amides is 4. The molecule has 0 radical (unpaired) electrons. The monoisotopic (exact) mass is 347 g/mol. The summed E-state index contributed by atoms with van der Waals surface area (Å²) in [5, 5.41) is 4.67. The zero-order valence-electron chi connectivity index (χ0n) is 14.3. The Kier molecular flexibility index (Phi) is 4.78. The predicted molar refractivity (Wildman–Crippen MR) is 88.4 cm³/mol. The Labute approximate surface area is 145 Å². The predicted octanol–water partition coefficient (Wildman–Crippen LogP) is 0.577. The van der Waals surface area contributed by atoms with Gasteiger partial charge >= 0.3 is 6.03 Å². The van der Waals surface area contributed by atoms with Crippen LogP contribution in [0.3, 0.4) is 0 Å². The van der Waals surface area contributed by atoms with E-state index in [2.05, 4.69) is 10.6 Å². The van der Waals surface area contributed by atoms with Crippen molar-refractivity contribution in [2.75, 3.05) is 20.8 Å². The first-order valence-corrected chi connectivity index (χ1v) is 8.14. The molecule has 2 N–H and O–H groups in total. The van der Waals surface area contributed by atoms with Crippen molar-refractivity contribution in [1.82, 2.24) is 15.5 Å². The number of ether oxygens (including phenoxy) is 2. The summed E-state index contributed by atoms with van der Waals surface area (Å²) in [6.07, 6.45) is 1.24. The fourth-order valence-corrected chi connectivity index (χ4v) is 3.18. The van der Waals surface area contributed by atoms with Crippen LogP contribution in [0.4, 0.5) is 4.79 Å². The van der Waals surface area contributed by atoms with E-state index in [9.17, 15) is 14.4 Å². The van der Waals surface area contributed by atoms with E-state index in [0.29, 0.717) is 31.0 Å². The molecule has 3 rings (SSSR count). The van der Waals surface area contributed by atoms with Gasteiger partial charge in [0.1, 0.15) is 6.04 Å². The van der Waals surface area contributed by atoms with Gasteiger partial charge in [0.15, 0.2) is 11.5 Å². The van der Waals surface area contributed by atoms with Crippen molar-refractivity contribution in [2.45, 2.75) is 31.8 Å². The van der Waals surface area contributed by atoms with Crippen LogP contribution in [-0.2, 0) is 22.6 Å². The fourth-order valence-electron chi connectivity index (χ4n) is 3.18. The minimum Gasteiger partial charge on any atom is -0.493 e. The molecule has 2 heterocycles. The summed E-state index contributed by atoms with van der Waals surface area (Å²) in [5.41, 5.74) is 2.17. The highest BCUT2D eigenvalue weighted by molar-refractivity contribution is 6.04. The van der Waals surface area contributed by atoms with E-state index < -0.39 is 12.1 Å². The van der Waals surface area contributed by atoms with Crippen LogP contribution in [0.25, 0.3) is 0 Å². The van der Waals surface area contributed by atoms with Gasteiger partial charge in [0, 0.05) is 19.5 Å². The molecule has 0 bridgehead atoms. The molecule has 134 valence electrons. The highest BCUT2D eigenvalue weighted by Gasteiger charge is 2.30. The number of carbonyl (C=O) groups is 3. The number of urea groups is 1. The number of hydrogen-bond acceptors (Lipinski definition) is 5. The largest absolute Gasteiger partial charge is 0.493 e. The maximum atomic E-state index is 12.5. The maximum Gasteiger partial charge on any atom is 0.322 e. The molecular weight excluding hydrogens is 326 g/mol. The molecule has 1 unspecified atom stereocenters. The van der Waals surface area contributed by atoms with Gasteiger partial charge in [-0.25, -0.2) is 4.79 Å². The molecule has 1 aromatic rings. The Hall–Kier alpha value is -2.77. The van der Waals surface area contributed by atoms with Crippen molar-refractivity contribution in [3.8, 4) is 11.5 Å². The third-order valence-electron chi connectivity index (χ3n) is 4.58. The van der Waals surface area contributed by atoms with Gasteiger partial charge in [-0.2, -0.15) is 0 Å². The van der Waals surface area contributed by atoms with Crippen molar-refractivity contribution in [1.29, 1.82) is 0 Å². The molecule has 0 aromatic heterocycles. The molecular formula is C17H21N3O5. The van der Waals surface area contributed by atoms with E-state index in [0.717, 1.165) is 17.5 Å². The third-order valence-corrected chi connectivity index (χ3v) is 4.58. The molecule has 1 atom stereocenters. The number of imide groups is 1. The summed E-state index contributed by atoms with van der Waals surface area (Å²) in [6.45, 7) is 1.11. The fraction of sp³-hybridized carbons (Fsp3) is 0.471. The lowest BCUT2D eigenvalue weighted by Crippen LogP contribution is -2.37. The van der Waals surface area contributed by atoms with Gasteiger partial charge in [-0.05, 0) is 36.1 Å². The summed E-state index contributed by atoms with van der Waals surface area (Å²) >= 11 is 0. The second kappa shape index (κ2) is 7.00. The summed E-state index contributed by atoms with van der Waals surface area (Å²) in [6, 6.07) is 2.72. The number of nitrogens with one attached hydrogen (secondary N) is 2. The number of hydrogen-bond donors (Lipinski definition) is 2. The van der Waals surface area contributed by atoms with Crippen LogP contribution >= 0.6 is 0 Å². The zero-order valence-corrected chi connectivity index (χ0v) is 14.3. The minimum atomic E-state index is -0.627. The smallest absolute Gasteiger partial charge is 0.322 e. The zero-order chi connectivity index (χ0) is 18.0. The van der Waals surface area contributed by atoms with Crippen molar-refractivity contribution in [3.05, 3.63) is 23.3 Å². The van der Waals surface area contributed by atoms with Crippen molar-refractivity contribution < 1.29 is 23.9 Å². The Balaban J connectivity index is 1.63. The van der Waals surface area contributed by atoms with E-state index in [1.807, 2.05) is 12.1 Å². The average Bonchev–Trinajstić information content (AvgIpc) is 2.95. The third kappa shape index (κ3) is 3.52. The Bertz CT molecular complexity index is 718. The summed E-state index contributed by atoms with van der Waals surface area (Å²) < 4.78 is 10.6. The van der Waals surface area contributed by atoms with E-state index in [4.69, 9.17) is 9.47 Å². The van der Waals surface area contributed by atoms with Gasteiger partial charge in [-0.1, -0.05) is 0 Å². The van der Waals surface area contributed by atoms with Gasteiger partial charge in [-0.15, -0.1) is 0 Å². The van der Waals surface area contributed by atoms with Gasteiger partial charge < -0.3 is 19.7 Å². The van der Waals surface area contributed by atoms with Crippen molar-refractivity contribution in [3.63, 3.8) is 0 Å². The first kappa shape index (κ1) is 17.1. The minimum absolute atomic E-state index is 0.0330. The normalized spacial score (nSPS) is 19.1. The summed E-state index contributed by atoms with van der Waals surface area (Å²) in [5.74, 6) is 0.915. The van der Waals surface area contributed by atoms with Crippen LogP contribution in [0.2, 0.25) is 0 Å². The van der Waals surface area contributed by atoms with Crippen LogP contribution < -0.4 is 20.1 Å². The van der Waals surface area contributed by atoms with Crippen LogP contribution in [0.15, 0.2) is 12.1 Å². The topological polar surface area (TPSA) is 97.0 Å². The molecule has 8 heteroatoms. The van der Waals surface area contributed by atoms with Gasteiger partial charge in [0.25, 0.3) is 5.91 Å². The van der Waals surface area contributed by atoms with E-state index in [-0.39, 0.29) is 18.2 Å². The van der Waals surface area contributed by atoms with E-state index in [1.165, 1.54) is 0 Å². The molecule has 0 aliphatic carbocycles. The highest BCUT2D eigenvalue weighted by atomic mass is 16.5. The van der Waals surface area contributed by atoms with Gasteiger partial charge in [0.2, 0.25) is 5.91 Å². The molecule has 2 aliphatic rings. The lowest BCUT2D eigenvalue weighted by atomic mass is 9.98. The van der Waals surface area contributed by atoms with Gasteiger partial charge in [0.05, 0.1) is 14.2 Å². The first-order valence-electron chi connectivity index (χ1n) is 8.14. The van der Waals surface area contributed by atoms with Crippen molar-refractivity contribution in [2.24, 2.45) is 0 Å². The molecule has 0 spiro atoms. The summed E-state index contributed by atoms with van der Waals surface area (Å²) in [7, 11) is 3.18. The quantitative estimate of drug-likeness (QED) is 0.760. The first-order chi connectivity index (χ1) is 12.0. The second-order valence-corrected chi connectivity index (χ2v) is 6.10. The van der Waals surface area contributed by atoms with Crippen LogP contribution in [0.5, 0.6) is 11.5 Å². The molecule has 1 aromatic carbocycles. The second-order valence-electron chi connectivity index (χ2n) is 6.10. The Morgan fingerprint density at radius 3 is 2.48 bits per heavy atom. The number of rotatable bonds is 5. The van der Waals surface area contributed by atoms with Crippen molar-refractivity contribution >= 4 is 17.8 Å². The Morgan fingerprint density at radius 1 is 1.20 bits per heavy atom. The number of benzene rings is 1. The highest BCUT2D eigenvalue weighted by Crippen LogP contribution is 2.33. The lowest BCUT2D eigenvalue weighted by Gasteiger charge is -2.30. The molecule has 4 amide bonds.